The van der Waals surface area contributed by atoms with Crippen molar-refractivity contribution >= 4 is 77.2 Å². The van der Waals surface area contributed by atoms with Crippen LogP contribution in [0.25, 0.3) is 222 Å². The molecule has 0 aliphatic rings. The summed E-state index contributed by atoms with van der Waals surface area (Å²) in [6.07, 6.45) is 0. The van der Waals surface area contributed by atoms with E-state index in [0.717, 1.165) is 222 Å². The second kappa shape index (κ2) is 28.1. The van der Waals surface area contributed by atoms with E-state index in [1.807, 2.05) is 0 Å². The third-order valence-electron chi connectivity index (χ3n) is 23.9. The van der Waals surface area contributed by atoms with Gasteiger partial charge in [0.25, 0.3) is 0 Å². The molecule has 4 aromatic heterocycles. The number of benzene rings is 19. The molecular formula is C112H72N6. The zero-order valence-corrected chi connectivity index (χ0v) is 64.3. The molecule has 23 rings (SSSR count). The topological polar surface area (TPSA) is 44.5 Å². The van der Waals surface area contributed by atoms with Gasteiger partial charge < -0.3 is 0 Å². The zero-order valence-electron chi connectivity index (χ0n) is 64.3. The minimum atomic E-state index is 0.819. The molecule has 118 heavy (non-hydrogen) atoms. The molecule has 550 valence electrons. The van der Waals surface area contributed by atoms with E-state index in [9.17, 15) is 0 Å². The standard InChI is InChI=1S/C112H72N6/c1-11-39-73(40-12-1)97-99(75-43-15-3-16-44-75)103(79-51-23-7-24-52-79)109(104(80-53-25-8-26-54-80)100(97)76-45-17-4-18-46-76)107-85-69-67-84(116-94-64-36-38-66-96(94)118-92-62-34-32-60-90(92)114-112(116)118)72-88(85)108(86-70-68-83(71-87(86)107)115-93-63-35-37-65-95(93)117-91-61-33-31-59-89(91)113-111(115)117)110-105(81-55-27-9-28-56-81)101(77-47-19-5-20-48-77)98(74-41-13-2-14-42-74)102(78-49-21-6-22-50-78)106(110)82-57-29-10-30-58-82/h1-72H. The Bertz CT molecular complexity index is 7160. The molecule has 0 N–H and O–H groups in total. The molecule has 23 aromatic rings. The maximum atomic E-state index is 5.65. The highest BCUT2D eigenvalue weighted by Crippen LogP contribution is 2.63. The fraction of sp³-hybridized carbons (Fsp3) is 0. The second-order valence-corrected chi connectivity index (χ2v) is 30.5. The van der Waals surface area contributed by atoms with Gasteiger partial charge in [0.1, 0.15) is 0 Å². The summed E-state index contributed by atoms with van der Waals surface area (Å²) in [5.41, 5.74) is 36.4. The van der Waals surface area contributed by atoms with Crippen LogP contribution in [0.1, 0.15) is 0 Å². The summed E-state index contributed by atoms with van der Waals surface area (Å²) < 4.78 is 9.50. The number of hydrogen-bond acceptors (Lipinski definition) is 2. The molecule has 0 aliphatic heterocycles. The maximum Gasteiger partial charge on any atom is 0.220 e. The van der Waals surface area contributed by atoms with Gasteiger partial charge in [-0.3, -0.25) is 17.9 Å². The van der Waals surface area contributed by atoms with Crippen molar-refractivity contribution in [1.82, 2.24) is 27.9 Å². The van der Waals surface area contributed by atoms with Crippen LogP contribution in [0.5, 0.6) is 0 Å². The van der Waals surface area contributed by atoms with Crippen molar-refractivity contribution in [2.45, 2.75) is 0 Å². The molecule has 0 saturated heterocycles. The molecule has 0 amide bonds. The summed E-state index contributed by atoms with van der Waals surface area (Å²) in [6.45, 7) is 0. The largest absolute Gasteiger partial charge is 0.278 e. The summed E-state index contributed by atoms with van der Waals surface area (Å²) >= 11 is 0. The van der Waals surface area contributed by atoms with Crippen molar-refractivity contribution in [3.05, 3.63) is 437 Å². The van der Waals surface area contributed by atoms with Crippen molar-refractivity contribution < 1.29 is 0 Å². The van der Waals surface area contributed by atoms with Gasteiger partial charge in [-0.1, -0.05) is 364 Å². The Morgan fingerprint density at radius 2 is 0.339 bits per heavy atom. The van der Waals surface area contributed by atoms with E-state index in [2.05, 4.69) is 455 Å². The first kappa shape index (κ1) is 67.9. The van der Waals surface area contributed by atoms with Crippen LogP contribution in [0, 0.1) is 0 Å². The fourth-order valence-corrected chi connectivity index (χ4v) is 19.2. The number of imidazole rings is 4. The highest BCUT2D eigenvalue weighted by Gasteiger charge is 2.36. The van der Waals surface area contributed by atoms with Crippen LogP contribution in [0.3, 0.4) is 0 Å². The lowest BCUT2D eigenvalue weighted by atomic mass is 9.71. The summed E-state index contributed by atoms with van der Waals surface area (Å²) in [6, 6.07) is 162. The summed E-state index contributed by atoms with van der Waals surface area (Å²) in [5.74, 6) is 1.64. The summed E-state index contributed by atoms with van der Waals surface area (Å²) in [7, 11) is 0. The Hall–Kier alpha value is -15.8. The van der Waals surface area contributed by atoms with Crippen LogP contribution in [0.15, 0.2) is 437 Å². The summed E-state index contributed by atoms with van der Waals surface area (Å²) in [5, 5.41) is 4.18. The van der Waals surface area contributed by atoms with Crippen molar-refractivity contribution in [1.29, 1.82) is 0 Å². The quantitative estimate of drug-likeness (QED) is 0.102. The van der Waals surface area contributed by atoms with E-state index in [4.69, 9.17) is 9.97 Å². The van der Waals surface area contributed by atoms with Crippen LogP contribution in [0.4, 0.5) is 0 Å². The molecule has 6 nitrogen and oxygen atoms in total. The number of nitrogens with zero attached hydrogens (tertiary/aromatic N) is 6. The number of rotatable bonds is 14. The van der Waals surface area contributed by atoms with Gasteiger partial charge in [-0.15, -0.1) is 0 Å². The Labute approximate surface area is 682 Å². The van der Waals surface area contributed by atoms with Crippen LogP contribution in [0.2, 0.25) is 0 Å². The molecule has 0 unspecified atom stereocenters. The van der Waals surface area contributed by atoms with Gasteiger partial charge >= 0.3 is 0 Å². The first-order chi connectivity index (χ1) is 58.7. The van der Waals surface area contributed by atoms with Gasteiger partial charge in [0.2, 0.25) is 11.6 Å². The first-order valence-electron chi connectivity index (χ1n) is 40.5. The van der Waals surface area contributed by atoms with Gasteiger partial charge in [0.05, 0.1) is 44.1 Å². The Kier molecular flexibility index (Phi) is 16.2. The molecule has 0 radical (unpaired) electrons. The molecule has 0 fully saturated rings. The van der Waals surface area contributed by atoms with E-state index >= 15 is 0 Å². The molecule has 0 atom stereocenters. The molecule has 0 saturated carbocycles. The van der Waals surface area contributed by atoms with Gasteiger partial charge in [0, 0.05) is 11.4 Å². The molecule has 0 bridgehead atoms. The summed E-state index contributed by atoms with van der Waals surface area (Å²) in [4.78, 5) is 11.3. The average Bonchev–Trinajstić information content (AvgIpc) is 0.813. The predicted molar refractivity (Wildman–Crippen MR) is 493 cm³/mol. The van der Waals surface area contributed by atoms with E-state index in [1.165, 1.54) is 0 Å². The smallest absolute Gasteiger partial charge is 0.220 e. The van der Waals surface area contributed by atoms with Gasteiger partial charge in [-0.25, -0.2) is 9.97 Å². The minimum Gasteiger partial charge on any atom is -0.278 e. The normalized spacial score (nSPS) is 11.7. The van der Waals surface area contributed by atoms with Crippen LogP contribution < -0.4 is 0 Å². The maximum absolute atomic E-state index is 5.65. The SMILES string of the molecule is c1ccc(-c2c(-c3ccccc3)c(-c3ccccc3)c(-c3c4ccc(-n5c6ccccc6n6c7ccccc7nc56)cc4c(-c4c(-c5ccccc5)c(-c5ccccc5)c(-c5ccccc5)c(-c5ccccc5)c4-c4ccccc4)c4ccc(-n5c6ccccc6n6c7ccccc7nc56)cc34)c(-c3ccccc3)c2-c2ccccc2)cc1. The monoisotopic (exact) mass is 1500 g/mol. The third kappa shape index (κ3) is 10.8. The van der Waals surface area contributed by atoms with E-state index in [-0.39, 0.29) is 0 Å². The Balaban J connectivity index is 1.03. The van der Waals surface area contributed by atoms with Crippen LogP contribution in [-0.4, -0.2) is 27.9 Å². The van der Waals surface area contributed by atoms with Crippen molar-refractivity contribution in [2.24, 2.45) is 0 Å². The van der Waals surface area contributed by atoms with Crippen molar-refractivity contribution in [3.8, 4) is 145 Å². The Morgan fingerprint density at radius 3 is 0.576 bits per heavy atom. The lowest BCUT2D eigenvalue weighted by molar-refractivity contribution is 1.11. The van der Waals surface area contributed by atoms with E-state index in [0.29, 0.717) is 0 Å². The van der Waals surface area contributed by atoms with Crippen molar-refractivity contribution in [2.75, 3.05) is 0 Å². The molecule has 0 spiro atoms. The van der Waals surface area contributed by atoms with Crippen LogP contribution >= 0.6 is 0 Å². The second-order valence-electron chi connectivity index (χ2n) is 30.5. The average molecular weight is 1500 g/mol. The van der Waals surface area contributed by atoms with E-state index < -0.39 is 0 Å². The zero-order chi connectivity index (χ0) is 77.7. The highest BCUT2D eigenvalue weighted by molar-refractivity contribution is 6.31. The minimum absolute atomic E-state index is 0.819. The molecule has 6 heteroatoms. The lowest BCUT2D eigenvalue weighted by Gasteiger charge is -2.32. The third-order valence-corrected chi connectivity index (χ3v) is 23.9. The number of para-hydroxylation sites is 8. The lowest BCUT2D eigenvalue weighted by Crippen LogP contribution is -2.05. The Morgan fingerprint density at radius 1 is 0.144 bits per heavy atom. The van der Waals surface area contributed by atoms with Crippen molar-refractivity contribution in [3.63, 3.8) is 0 Å². The number of aromatic nitrogens is 6. The number of fused-ring (bicyclic) bond motifs is 12. The fourth-order valence-electron chi connectivity index (χ4n) is 19.2. The van der Waals surface area contributed by atoms with Crippen LogP contribution in [-0.2, 0) is 0 Å². The molecular weight excluding hydrogens is 1430 g/mol. The molecule has 19 aromatic carbocycles. The van der Waals surface area contributed by atoms with Gasteiger partial charge in [0.15, 0.2) is 0 Å². The van der Waals surface area contributed by atoms with Gasteiger partial charge in [-0.05, 0) is 228 Å². The number of hydrogen-bond donors (Lipinski definition) is 0. The first-order valence-corrected chi connectivity index (χ1v) is 40.5. The predicted octanol–water partition coefficient (Wildman–Crippen LogP) is 29.5. The van der Waals surface area contributed by atoms with E-state index in [1.54, 1.807) is 0 Å². The molecule has 4 heterocycles. The highest BCUT2D eigenvalue weighted by atomic mass is 15.2. The van der Waals surface area contributed by atoms with Gasteiger partial charge in [-0.2, -0.15) is 0 Å². The molecule has 0 aliphatic carbocycles.